The summed E-state index contributed by atoms with van der Waals surface area (Å²) >= 11 is 0.149. The van der Waals surface area contributed by atoms with Crippen LogP contribution in [0.15, 0.2) is 0 Å². The Morgan fingerprint density at radius 3 is 2.62 bits per heavy atom. The van der Waals surface area contributed by atoms with E-state index in [9.17, 15) is 5.11 Å². The summed E-state index contributed by atoms with van der Waals surface area (Å²) in [6.45, 7) is 7.13. The van der Waals surface area contributed by atoms with E-state index in [0.29, 0.717) is 10.8 Å². The molecule has 16 heavy (non-hydrogen) atoms. The second-order valence-electron chi connectivity index (χ2n) is 6.27. The second-order valence-corrected chi connectivity index (χ2v) is 9.43. The summed E-state index contributed by atoms with van der Waals surface area (Å²) in [4.78, 5) is 0. The fraction of sp³-hybridized carbons (Fsp3) is 1.00. The minimum absolute atomic E-state index is 0.0213. The molecule has 2 fully saturated rings. The van der Waals surface area contributed by atoms with Gasteiger partial charge in [-0.3, -0.25) is 0 Å². The minimum atomic E-state index is 0.0213. The van der Waals surface area contributed by atoms with Gasteiger partial charge in [0.2, 0.25) is 0 Å². The number of hydrogen-bond donors (Lipinski definition) is 1. The van der Waals surface area contributed by atoms with Crippen LogP contribution in [0, 0.1) is 16.7 Å². The summed E-state index contributed by atoms with van der Waals surface area (Å²) < 4.78 is 2.87. The maximum absolute atomic E-state index is 10.4. The topological polar surface area (TPSA) is 20.2 Å². The standard InChI is InChI=1S/C14H26OTe/c1-4-5-8-16-10-14-7-6-11(9-12(14)15)13(14,2)3/h11-12,15H,4-10H2,1-3H3/t11-,12-,14-/m1/s1. The molecule has 3 atom stereocenters. The molecule has 2 bridgehead atoms. The summed E-state index contributed by atoms with van der Waals surface area (Å²) in [6.07, 6.45) is 6.55. The van der Waals surface area contributed by atoms with Crippen molar-refractivity contribution in [2.75, 3.05) is 0 Å². The van der Waals surface area contributed by atoms with Crippen molar-refractivity contribution in [1.82, 2.24) is 0 Å². The molecular weight excluding hydrogens is 312 g/mol. The molecule has 1 N–H and O–H groups in total. The van der Waals surface area contributed by atoms with E-state index < -0.39 is 0 Å². The maximum atomic E-state index is 10.4. The molecular formula is C14H26OTe. The fourth-order valence-electron chi connectivity index (χ4n) is 3.88. The van der Waals surface area contributed by atoms with Crippen molar-refractivity contribution in [3.8, 4) is 0 Å². The quantitative estimate of drug-likeness (QED) is 0.601. The first kappa shape index (κ1) is 13.2. The summed E-state index contributed by atoms with van der Waals surface area (Å²) in [5, 5.41) is 10.4. The molecule has 0 spiro atoms. The third-order valence-electron chi connectivity index (χ3n) is 5.39. The van der Waals surface area contributed by atoms with Crippen LogP contribution < -0.4 is 0 Å². The van der Waals surface area contributed by atoms with Crippen molar-refractivity contribution < 1.29 is 5.11 Å². The molecule has 2 aliphatic rings. The molecule has 0 aliphatic heterocycles. The average molecular weight is 338 g/mol. The monoisotopic (exact) mass is 340 g/mol. The summed E-state index contributed by atoms with van der Waals surface area (Å²) in [5.41, 5.74) is 0.747. The first-order valence-electron chi connectivity index (χ1n) is 6.80. The molecule has 0 radical (unpaired) electrons. The molecule has 2 rings (SSSR count). The first-order chi connectivity index (χ1) is 7.54. The number of aliphatic hydroxyl groups is 1. The van der Waals surface area contributed by atoms with Crippen LogP contribution in [0.4, 0.5) is 0 Å². The molecule has 0 aromatic rings. The zero-order valence-corrected chi connectivity index (χ0v) is 13.3. The third kappa shape index (κ3) is 1.86. The average Bonchev–Trinajstić information content (AvgIpc) is 2.58. The van der Waals surface area contributed by atoms with Gasteiger partial charge < -0.3 is 0 Å². The number of aliphatic hydroxyl groups excluding tert-OH is 1. The molecule has 0 amide bonds. The van der Waals surface area contributed by atoms with E-state index in [-0.39, 0.29) is 27.0 Å². The van der Waals surface area contributed by atoms with Gasteiger partial charge >= 0.3 is 111 Å². The molecule has 1 nitrogen and oxygen atoms in total. The Hall–Kier alpha value is 0.750. The SMILES string of the molecule is CCCC[Te]C[C@]12CC[C@H](C[C@H]1O)C2(C)C. The molecule has 94 valence electrons. The van der Waals surface area contributed by atoms with Crippen molar-refractivity contribution in [2.45, 2.75) is 67.9 Å². The molecule has 0 aromatic carbocycles. The van der Waals surface area contributed by atoms with Gasteiger partial charge in [0.15, 0.2) is 0 Å². The van der Waals surface area contributed by atoms with Gasteiger partial charge in [-0.15, -0.1) is 0 Å². The molecule has 0 heterocycles. The van der Waals surface area contributed by atoms with E-state index >= 15 is 0 Å². The van der Waals surface area contributed by atoms with E-state index in [1.807, 2.05) is 0 Å². The second kappa shape index (κ2) is 4.79. The first-order valence-corrected chi connectivity index (χ1v) is 10.1. The van der Waals surface area contributed by atoms with Crippen LogP contribution in [0.3, 0.4) is 0 Å². The molecule has 2 aliphatic carbocycles. The molecule has 0 unspecified atom stereocenters. The van der Waals surface area contributed by atoms with Gasteiger partial charge in [-0.25, -0.2) is 0 Å². The number of hydrogen-bond acceptors (Lipinski definition) is 1. The van der Waals surface area contributed by atoms with Crippen LogP contribution in [-0.4, -0.2) is 32.1 Å². The van der Waals surface area contributed by atoms with Crippen molar-refractivity contribution in [2.24, 2.45) is 16.7 Å². The Labute approximate surface area is 110 Å². The van der Waals surface area contributed by atoms with Crippen LogP contribution in [0.1, 0.15) is 52.9 Å². The van der Waals surface area contributed by atoms with Gasteiger partial charge in [0.25, 0.3) is 0 Å². The Balaban J connectivity index is 1.99. The normalized spacial score (nSPS) is 40.5. The summed E-state index contributed by atoms with van der Waals surface area (Å²) in [5.74, 6) is 0.807. The van der Waals surface area contributed by atoms with Crippen LogP contribution in [0.2, 0.25) is 8.94 Å². The Morgan fingerprint density at radius 1 is 1.38 bits per heavy atom. The van der Waals surface area contributed by atoms with Gasteiger partial charge in [0.1, 0.15) is 0 Å². The zero-order chi connectivity index (χ0) is 11.8. The van der Waals surface area contributed by atoms with Crippen LogP contribution in [-0.2, 0) is 0 Å². The van der Waals surface area contributed by atoms with Gasteiger partial charge in [-0.05, 0) is 0 Å². The van der Waals surface area contributed by atoms with E-state index in [2.05, 4.69) is 20.8 Å². The molecule has 0 saturated heterocycles. The van der Waals surface area contributed by atoms with Crippen LogP contribution in [0.5, 0.6) is 0 Å². The zero-order valence-electron chi connectivity index (χ0n) is 11.0. The molecule has 0 aromatic heterocycles. The number of unbranched alkanes of at least 4 members (excludes halogenated alkanes) is 1. The van der Waals surface area contributed by atoms with Gasteiger partial charge in [-0.2, -0.15) is 0 Å². The van der Waals surface area contributed by atoms with Crippen LogP contribution in [0.25, 0.3) is 0 Å². The predicted octanol–water partition coefficient (Wildman–Crippen LogP) is 3.51. The van der Waals surface area contributed by atoms with Crippen molar-refractivity contribution >= 4 is 20.9 Å². The van der Waals surface area contributed by atoms with Gasteiger partial charge in [0.05, 0.1) is 0 Å². The van der Waals surface area contributed by atoms with Crippen molar-refractivity contribution in [3.05, 3.63) is 0 Å². The van der Waals surface area contributed by atoms with Crippen molar-refractivity contribution in [1.29, 1.82) is 0 Å². The van der Waals surface area contributed by atoms with Gasteiger partial charge in [-0.1, -0.05) is 0 Å². The Bertz CT molecular complexity index is 251. The molecule has 2 heteroatoms. The molecule has 2 saturated carbocycles. The van der Waals surface area contributed by atoms with Gasteiger partial charge in [0, 0.05) is 0 Å². The Kier molecular flexibility index (Phi) is 3.95. The van der Waals surface area contributed by atoms with E-state index in [1.54, 1.807) is 0 Å². The number of fused-ring (bicyclic) bond motifs is 2. The summed E-state index contributed by atoms with van der Waals surface area (Å²) in [6, 6.07) is 0. The van der Waals surface area contributed by atoms with Crippen LogP contribution >= 0.6 is 0 Å². The predicted molar refractivity (Wildman–Crippen MR) is 69.8 cm³/mol. The van der Waals surface area contributed by atoms with Crippen molar-refractivity contribution in [3.63, 3.8) is 0 Å². The number of rotatable bonds is 5. The fourth-order valence-corrected chi connectivity index (χ4v) is 8.76. The third-order valence-corrected chi connectivity index (χ3v) is 9.09. The van der Waals surface area contributed by atoms with E-state index in [0.717, 1.165) is 12.3 Å². The summed E-state index contributed by atoms with van der Waals surface area (Å²) in [7, 11) is 0. The van der Waals surface area contributed by atoms with E-state index in [4.69, 9.17) is 0 Å². The Morgan fingerprint density at radius 2 is 2.12 bits per heavy atom. The van der Waals surface area contributed by atoms with E-state index in [1.165, 1.54) is 34.6 Å².